The van der Waals surface area contributed by atoms with Crippen LogP contribution in [0.15, 0.2) is 48.7 Å². The van der Waals surface area contributed by atoms with Crippen LogP contribution in [-0.4, -0.2) is 11.0 Å². The van der Waals surface area contributed by atoms with E-state index in [1.165, 1.54) is 18.4 Å². The molecule has 0 aliphatic heterocycles. The molecule has 2 aromatic rings. The molecule has 3 heteroatoms. The number of benzene rings is 1. The van der Waals surface area contributed by atoms with Crippen LogP contribution in [0.2, 0.25) is 0 Å². The molecule has 1 saturated carbocycles. The average molecular weight is 254 g/mol. The second-order valence-electron chi connectivity index (χ2n) is 4.91. The standard InChI is InChI=1S/C16H18N2O/c1-2-4-13(5-3-1)12-19-16-9-8-15(18-11-16)10-17-14-6-7-14/h1-5,8-9,11,14,17H,6-7,10,12H2. The molecule has 3 rings (SSSR count). The van der Waals surface area contributed by atoms with Crippen molar-refractivity contribution >= 4 is 0 Å². The molecule has 1 aromatic heterocycles. The summed E-state index contributed by atoms with van der Waals surface area (Å²) in [6.07, 6.45) is 4.41. The maximum Gasteiger partial charge on any atom is 0.138 e. The Kier molecular flexibility index (Phi) is 3.75. The first-order valence-electron chi connectivity index (χ1n) is 6.75. The largest absolute Gasteiger partial charge is 0.487 e. The van der Waals surface area contributed by atoms with Crippen LogP contribution in [0, 0.1) is 0 Å². The lowest BCUT2D eigenvalue weighted by Crippen LogP contribution is -2.16. The molecule has 0 spiro atoms. The van der Waals surface area contributed by atoms with Crippen molar-refractivity contribution in [3.63, 3.8) is 0 Å². The van der Waals surface area contributed by atoms with Crippen molar-refractivity contribution in [2.75, 3.05) is 0 Å². The maximum atomic E-state index is 5.70. The van der Waals surface area contributed by atoms with Crippen molar-refractivity contribution in [3.05, 3.63) is 59.9 Å². The molecule has 1 heterocycles. The van der Waals surface area contributed by atoms with Gasteiger partial charge >= 0.3 is 0 Å². The highest BCUT2D eigenvalue weighted by Crippen LogP contribution is 2.19. The minimum absolute atomic E-state index is 0.586. The van der Waals surface area contributed by atoms with Crippen LogP contribution in [0.3, 0.4) is 0 Å². The Morgan fingerprint density at radius 1 is 1.11 bits per heavy atom. The second kappa shape index (κ2) is 5.85. The number of hydrogen-bond acceptors (Lipinski definition) is 3. The van der Waals surface area contributed by atoms with Crippen molar-refractivity contribution < 1.29 is 4.74 Å². The first-order valence-corrected chi connectivity index (χ1v) is 6.75. The Morgan fingerprint density at radius 2 is 1.95 bits per heavy atom. The Bertz CT molecular complexity index is 506. The molecular formula is C16H18N2O. The van der Waals surface area contributed by atoms with E-state index in [1.807, 2.05) is 30.3 Å². The van der Waals surface area contributed by atoms with Crippen LogP contribution in [0.4, 0.5) is 0 Å². The van der Waals surface area contributed by atoms with Crippen LogP contribution in [-0.2, 0) is 13.2 Å². The van der Waals surface area contributed by atoms with Gasteiger partial charge in [-0.05, 0) is 30.5 Å². The van der Waals surface area contributed by atoms with Gasteiger partial charge < -0.3 is 10.1 Å². The van der Waals surface area contributed by atoms with Gasteiger partial charge in [-0.2, -0.15) is 0 Å². The third kappa shape index (κ3) is 3.80. The van der Waals surface area contributed by atoms with Crippen LogP contribution in [0.1, 0.15) is 24.1 Å². The van der Waals surface area contributed by atoms with Gasteiger partial charge in [-0.1, -0.05) is 30.3 Å². The summed E-state index contributed by atoms with van der Waals surface area (Å²) in [5, 5.41) is 3.45. The minimum atomic E-state index is 0.586. The highest BCUT2D eigenvalue weighted by molar-refractivity contribution is 5.21. The summed E-state index contributed by atoms with van der Waals surface area (Å²) in [5.74, 6) is 0.819. The second-order valence-corrected chi connectivity index (χ2v) is 4.91. The van der Waals surface area contributed by atoms with Crippen molar-refractivity contribution in [2.24, 2.45) is 0 Å². The first kappa shape index (κ1) is 12.2. The summed E-state index contributed by atoms with van der Waals surface area (Å²) in [4.78, 5) is 4.40. The molecule has 0 bridgehead atoms. The van der Waals surface area contributed by atoms with Gasteiger partial charge in [0.1, 0.15) is 12.4 Å². The zero-order valence-electron chi connectivity index (χ0n) is 10.9. The molecule has 1 N–H and O–H groups in total. The molecule has 0 radical (unpaired) electrons. The summed E-state index contributed by atoms with van der Waals surface area (Å²) in [5.41, 5.74) is 2.24. The van der Waals surface area contributed by atoms with E-state index >= 15 is 0 Å². The number of nitrogens with zero attached hydrogens (tertiary/aromatic N) is 1. The lowest BCUT2D eigenvalue weighted by molar-refractivity contribution is 0.305. The number of nitrogens with one attached hydrogen (secondary N) is 1. The summed E-state index contributed by atoms with van der Waals surface area (Å²) in [6.45, 7) is 1.44. The Balaban J connectivity index is 1.50. The van der Waals surface area contributed by atoms with E-state index in [1.54, 1.807) is 6.20 Å². The summed E-state index contributed by atoms with van der Waals surface area (Å²) in [7, 11) is 0. The fourth-order valence-electron chi connectivity index (χ4n) is 1.88. The van der Waals surface area contributed by atoms with Crippen molar-refractivity contribution in [2.45, 2.75) is 32.0 Å². The van der Waals surface area contributed by atoms with Gasteiger partial charge in [0.05, 0.1) is 11.9 Å². The molecule has 98 valence electrons. The highest BCUT2D eigenvalue weighted by atomic mass is 16.5. The van der Waals surface area contributed by atoms with Crippen molar-refractivity contribution in [1.29, 1.82) is 0 Å². The Hall–Kier alpha value is -1.87. The Morgan fingerprint density at radius 3 is 2.63 bits per heavy atom. The van der Waals surface area contributed by atoms with Gasteiger partial charge in [-0.3, -0.25) is 4.98 Å². The lowest BCUT2D eigenvalue weighted by Gasteiger charge is -2.07. The predicted octanol–water partition coefficient (Wildman–Crippen LogP) is 2.91. The van der Waals surface area contributed by atoms with Gasteiger partial charge in [0.2, 0.25) is 0 Å². The number of pyridine rings is 1. The van der Waals surface area contributed by atoms with Crippen molar-refractivity contribution in [1.82, 2.24) is 10.3 Å². The number of aromatic nitrogens is 1. The zero-order chi connectivity index (χ0) is 12.9. The molecular weight excluding hydrogens is 236 g/mol. The predicted molar refractivity (Wildman–Crippen MR) is 74.9 cm³/mol. The van der Waals surface area contributed by atoms with Gasteiger partial charge in [-0.25, -0.2) is 0 Å². The van der Waals surface area contributed by atoms with E-state index in [0.717, 1.165) is 24.0 Å². The van der Waals surface area contributed by atoms with E-state index in [0.29, 0.717) is 6.61 Å². The Labute approximate surface area is 113 Å². The topological polar surface area (TPSA) is 34.1 Å². The SMILES string of the molecule is c1ccc(COc2ccc(CNC3CC3)nc2)cc1. The van der Waals surface area contributed by atoms with Crippen molar-refractivity contribution in [3.8, 4) is 5.75 Å². The van der Waals surface area contributed by atoms with Crippen LogP contribution >= 0.6 is 0 Å². The molecule has 1 fully saturated rings. The quantitative estimate of drug-likeness (QED) is 0.860. The molecule has 3 nitrogen and oxygen atoms in total. The van der Waals surface area contributed by atoms with E-state index in [4.69, 9.17) is 4.74 Å². The van der Waals surface area contributed by atoms with Gasteiger partial charge in [-0.15, -0.1) is 0 Å². The molecule has 0 atom stereocenters. The van der Waals surface area contributed by atoms with Gasteiger partial charge in [0.15, 0.2) is 0 Å². The normalized spacial score (nSPS) is 14.3. The van der Waals surface area contributed by atoms with E-state index < -0.39 is 0 Å². The summed E-state index contributed by atoms with van der Waals surface area (Å²) >= 11 is 0. The number of hydrogen-bond donors (Lipinski definition) is 1. The number of ether oxygens (including phenoxy) is 1. The van der Waals surface area contributed by atoms with Crippen LogP contribution < -0.4 is 10.1 Å². The average Bonchev–Trinajstić information content (AvgIpc) is 3.29. The maximum absolute atomic E-state index is 5.70. The third-order valence-electron chi connectivity index (χ3n) is 3.20. The summed E-state index contributed by atoms with van der Waals surface area (Å²) < 4.78 is 5.70. The summed E-state index contributed by atoms with van der Waals surface area (Å²) in [6, 6.07) is 14.9. The fourth-order valence-corrected chi connectivity index (χ4v) is 1.88. The number of rotatable bonds is 6. The minimum Gasteiger partial charge on any atom is -0.487 e. The van der Waals surface area contributed by atoms with Crippen LogP contribution in [0.25, 0.3) is 0 Å². The van der Waals surface area contributed by atoms with Gasteiger partial charge in [0, 0.05) is 12.6 Å². The molecule has 1 aromatic carbocycles. The third-order valence-corrected chi connectivity index (χ3v) is 3.20. The lowest BCUT2D eigenvalue weighted by atomic mass is 10.2. The smallest absolute Gasteiger partial charge is 0.138 e. The molecule has 0 amide bonds. The highest BCUT2D eigenvalue weighted by Gasteiger charge is 2.19. The molecule has 1 aliphatic carbocycles. The zero-order valence-corrected chi connectivity index (χ0v) is 10.9. The monoisotopic (exact) mass is 254 g/mol. The van der Waals surface area contributed by atoms with Crippen LogP contribution in [0.5, 0.6) is 5.75 Å². The molecule has 1 aliphatic rings. The van der Waals surface area contributed by atoms with E-state index in [2.05, 4.69) is 22.4 Å². The molecule has 0 unspecified atom stereocenters. The fraction of sp³-hybridized carbons (Fsp3) is 0.312. The van der Waals surface area contributed by atoms with Gasteiger partial charge in [0.25, 0.3) is 0 Å². The van der Waals surface area contributed by atoms with E-state index in [-0.39, 0.29) is 0 Å². The first-order chi connectivity index (χ1) is 9.40. The molecule has 19 heavy (non-hydrogen) atoms. The molecule has 0 saturated heterocycles. The van der Waals surface area contributed by atoms with E-state index in [9.17, 15) is 0 Å².